The highest BCUT2D eigenvalue weighted by molar-refractivity contribution is 5.77. The molecule has 1 aromatic rings. The molecular weight excluding hydrogens is 228 g/mol. The molecule has 0 saturated heterocycles. The molecule has 0 saturated carbocycles. The number of likely N-dealkylation sites (N-methyl/N-ethyl adjacent to an activating group) is 1. The molecule has 0 aliphatic rings. The minimum Gasteiger partial charge on any atom is -0.484 e. The molecule has 4 heteroatoms. The van der Waals surface area contributed by atoms with E-state index in [0.717, 1.165) is 13.0 Å². The Morgan fingerprint density at radius 2 is 2.00 bits per heavy atom. The van der Waals surface area contributed by atoms with Crippen molar-refractivity contribution >= 4 is 11.6 Å². The van der Waals surface area contributed by atoms with E-state index < -0.39 is 0 Å². The van der Waals surface area contributed by atoms with Crippen LogP contribution in [0.15, 0.2) is 24.3 Å². The molecule has 0 aliphatic carbocycles. The first-order valence-electron chi connectivity index (χ1n) is 6.25. The van der Waals surface area contributed by atoms with Crippen molar-refractivity contribution in [3.05, 3.63) is 24.3 Å². The summed E-state index contributed by atoms with van der Waals surface area (Å²) in [6.45, 7) is 5.08. The minimum absolute atomic E-state index is 0.00729. The van der Waals surface area contributed by atoms with E-state index in [1.807, 2.05) is 0 Å². The van der Waals surface area contributed by atoms with Crippen LogP contribution in [0, 0.1) is 5.92 Å². The van der Waals surface area contributed by atoms with Crippen LogP contribution >= 0.6 is 0 Å². The summed E-state index contributed by atoms with van der Waals surface area (Å²) >= 11 is 0. The van der Waals surface area contributed by atoms with Gasteiger partial charge in [0.15, 0.2) is 6.61 Å². The number of anilines is 1. The van der Waals surface area contributed by atoms with Crippen molar-refractivity contribution in [3.63, 3.8) is 0 Å². The topological polar surface area (TPSA) is 55.6 Å². The third-order valence-corrected chi connectivity index (χ3v) is 2.95. The molecule has 2 N–H and O–H groups in total. The molecule has 1 atom stereocenters. The minimum atomic E-state index is -0.00729. The van der Waals surface area contributed by atoms with E-state index in [1.54, 1.807) is 36.2 Å². The SMILES string of the molecule is CCC(C)CN(C)C(=O)COc1ccc(N)cc1. The fraction of sp³-hybridized carbons (Fsp3) is 0.500. The lowest BCUT2D eigenvalue weighted by molar-refractivity contribution is -0.132. The van der Waals surface area contributed by atoms with E-state index in [9.17, 15) is 4.79 Å². The van der Waals surface area contributed by atoms with E-state index in [2.05, 4.69) is 13.8 Å². The van der Waals surface area contributed by atoms with Crippen LogP contribution in [-0.4, -0.2) is 31.0 Å². The molecule has 1 unspecified atom stereocenters. The molecule has 0 aromatic heterocycles. The van der Waals surface area contributed by atoms with Crippen molar-refractivity contribution in [2.24, 2.45) is 5.92 Å². The van der Waals surface area contributed by atoms with Crippen LogP contribution < -0.4 is 10.5 Å². The van der Waals surface area contributed by atoms with E-state index in [4.69, 9.17) is 10.5 Å². The quantitative estimate of drug-likeness (QED) is 0.787. The van der Waals surface area contributed by atoms with E-state index in [-0.39, 0.29) is 12.5 Å². The molecule has 1 aromatic carbocycles. The van der Waals surface area contributed by atoms with Gasteiger partial charge < -0.3 is 15.4 Å². The van der Waals surface area contributed by atoms with Crippen LogP contribution in [0.3, 0.4) is 0 Å². The summed E-state index contributed by atoms with van der Waals surface area (Å²) in [4.78, 5) is 13.5. The lowest BCUT2D eigenvalue weighted by Crippen LogP contribution is -2.34. The fourth-order valence-corrected chi connectivity index (χ4v) is 1.52. The van der Waals surface area contributed by atoms with E-state index >= 15 is 0 Å². The molecule has 100 valence electrons. The summed E-state index contributed by atoms with van der Waals surface area (Å²) in [6, 6.07) is 7.03. The third kappa shape index (κ3) is 4.65. The summed E-state index contributed by atoms with van der Waals surface area (Å²) in [5.74, 6) is 1.16. The molecule has 0 aliphatic heterocycles. The Morgan fingerprint density at radius 1 is 1.39 bits per heavy atom. The molecule has 0 heterocycles. The number of rotatable bonds is 6. The summed E-state index contributed by atoms with van der Waals surface area (Å²) in [5, 5.41) is 0. The van der Waals surface area contributed by atoms with Crippen LogP contribution in [0.25, 0.3) is 0 Å². The van der Waals surface area contributed by atoms with Gasteiger partial charge in [-0.15, -0.1) is 0 Å². The van der Waals surface area contributed by atoms with Crippen molar-refractivity contribution in [3.8, 4) is 5.75 Å². The maximum atomic E-state index is 11.8. The Balaban J connectivity index is 2.38. The van der Waals surface area contributed by atoms with Crippen LogP contribution in [0.4, 0.5) is 5.69 Å². The summed E-state index contributed by atoms with van der Waals surface area (Å²) < 4.78 is 5.41. The molecule has 1 amide bonds. The number of benzene rings is 1. The number of nitrogen functional groups attached to an aromatic ring is 1. The zero-order chi connectivity index (χ0) is 13.5. The number of ether oxygens (including phenoxy) is 1. The van der Waals surface area contributed by atoms with Gasteiger partial charge in [0.05, 0.1) is 0 Å². The number of hydrogen-bond acceptors (Lipinski definition) is 3. The van der Waals surface area contributed by atoms with E-state index in [1.165, 1.54) is 0 Å². The van der Waals surface area contributed by atoms with Crippen LogP contribution in [0.2, 0.25) is 0 Å². The number of amides is 1. The average molecular weight is 250 g/mol. The van der Waals surface area contributed by atoms with Crippen molar-refractivity contribution in [1.82, 2.24) is 4.90 Å². The second-order valence-corrected chi connectivity index (χ2v) is 4.65. The second-order valence-electron chi connectivity index (χ2n) is 4.65. The normalized spacial score (nSPS) is 11.9. The number of carbonyl (C=O) groups excluding carboxylic acids is 1. The van der Waals surface area contributed by atoms with Gasteiger partial charge in [-0.3, -0.25) is 4.79 Å². The van der Waals surface area contributed by atoms with Gasteiger partial charge >= 0.3 is 0 Å². The summed E-state index contributed by atoms with van der Waals surface area (Å²) in [5.41, 5.74) is 6.25. The summed E-state index contributed by atoms with van der Waals surface area (Å²) in [7, 11) is 1.81. The van der Waals surface area contributed by atoms with Gasteiger partial charge in [-0.2, -0.15) is 0 Å². The first-order valence-corrected chi connectivity index (χ1v) is 6.25. The smallest absolute Gasteiger partial charge is 0.260 e. The highest BCUT2D eigenvalue weighted by Gasteiger charge is 2.11. The maximum absolute atomic E-state index is 11.8. The van der Waals surface area contributed by atoms with Gasteiger partial charge in [0.2, 0.25) is 0 Å². The van der Waals surface area contributed by atoms with Crippen LogP contribution in [0.1, 0.15) is 20.3 Å². The Bertz CT molecular complexity index is 376. The Labute approximate surface area is 109 Å². The molecular formula is C14H22N2O2. The standard InChI is InChI=1S/C14H22N2O2/c1-4-11(2)9-16(3)14(17)10-18-13-7-5-12(15)6-8-13/h5-8,11H,4,9-10,15H2,1-3H3. The molecule has 0 radical (unpaired) electrons. The second kappa shape index (κ2) is 6.89. The molecule has 0 spiro atoms. The predicted molar refractivity (Wildman–Crippen MR) is 73.4 cm³/mol. The molecule has 1 rings (SSSR count). The number of carbonyl (C=O) groups is 1. The number of nitrogens with zero attached hydrogens (tertiary/aromatic N) is 1. The van der Waals surface area contributed by atoms with Gasteiger partial charge in [-0.25, -0.2) is 0 Å². The van der Waals surface area contributed by atoms with Gasteiger partial charge in [-0.1, -0.05) is 20.3 Å². The highest BCUT2D eigenvalue weighted by Crippen LogP contribution is 2.13. The largest absolute Gasteiger partial charge is 0.484 e. The van der Waals surface area contributed by atoms with Gasteiger partial charge in [0, 0.05) is 19.3 Å². The zero-order valence-electron chi connectivity index (χ0n) is 11.3. The number of nitrogens with two attached hydrogens (primary N) is 1. The molecule has 0 fully saturated rings. The van der Waals surface area contributed by atoms with Gasteiger partial charge in [0.25, 0.3) is 5.91 Å². The molecule has 18 heavy (non-hydrogen) atoms. The monoisotopic (exact) mass is 250 g/mol. The van der Waals surface area contributed by atoms with Crippen molar-refractivity contribution in [1.29, 1.82) is 0 Å². The summed E-state index contributed by atoms with van der Waals surface area (Å²) in [6.07, 6.45) is 1.07. The van der Waals surface area contributed by atoms with Gasteiger partial charge in [0.1, 0.15) is 5.75 Å². The first kappa shape index (κ1) is 14.4. The van der Waals surface area contributed by atoms with Crippen molar-refractivity contribution in [2.45, 2.75) is 20.3 Å². The van der Waals surface area contributed by atoms with Crippen LogP contribution in [0.5, 0.6) is 5.75 Å². The third-order valence-electron chi connectivity index (χ3n) is 2.95. The Morgan fingerprint density at radius 3 is 2.56 bits per heavy atom. The highest BCUT2D eigenvalue weighted by atomic mass is 16.5. The van der Waals surface area contributed by atoms with Gasteiger partial charge in [-0.05, 0) is 30.2 Å². The average Bonchev–Trinajstić information content (AvgIpc) is 2.37. The van der Waals surface area contributed by atoms with Crippen LogP contribution in [-0.2, 0) is 4.79 Å². The number of hydrogen-bond donors (Lipinski definition) is 1. The maximum Gasteiger partial charge on any atom is 0.260 e. The predicted octanol–water partition coefficient (Wildman–Crippen LogP) is 2.15. The zero-order valence-corrected chi connectivity index (χ0v) is 11.3. The van der Waals surface area contributed by atoms with E-state index in [0.29, 0.717) is 17.4 Å². The molecule has 0 bridgehead atoms. The Kier molecular flexibility index (Phi) is 5.49. The van der Waals surface area contributed by atoms with Crippen molar-refractivity contribution in [2.75, 3.05) is 25.9 Å². The first-order chi connectivity index (χ1) is 8.52. The fourth-order valence-electron chi connectivity index (χ4n) is 1.52. The lowest BCUT2D eigenvalue weighted by atomic mass is 10.1. The van der Waals surface area contributed by atoms with Crippen molar-refractivity contribution < 1.29 is 9.53 Å². The Hall–Kier alpha value is -1.71. The molecule has 4 nitrogen and oxygen atoms in total. The lowest BCUT2D eigenvalue weighted by Gasteiger charge is -2.20.